The molecule has 4 aliphatic carbocycles. The molecule has 27 heavy (non-hydrogen) atoms. The predicted molar refractivity (Wildman–Crippen MR) is 100 cm³/mol. The van der Waals surface area contributed by atoms with Gasteiger partial charge in [0.25, 0.3) is 0 Å². The molecule has 2 N–H and O–H groups in total. The first-order valence-electron chi connectivity index (χ1n) is 9.84. The summed E-state index contributed by atoms with van der Waals surface area (Å²) in [4.78, 5) is 25.5. The van der Waals surface area contributed by atoms with Gasteiger partial charge in [-0.05, 0) is 56.3 Å². The van der Waals surface area contributed by atoms with Crippen molar-refractivity contribution in [3.05, 3.63) is 11.6 Å². The van der Waals surface area contributed by atoms with Gasteiger partial charge in [0.15, 0.2) is 11.6 Å². The van der Waals surface area contributed by atoms with E-state index in [9.17, 15) is 20.0 Å². The Hall–Kier alpha value is -1.98. The molecule has 0 aliphatic heterocycles. The van der Waals surface area contributed by atoms with Gasteiger partial charge in [-0.3, -0.25) is 9.59 Å². The van der Waals surface area contributed by atoms with Crippen molar-refractivity contribution in [2.45, 2.75) is 59.8 Å². The molecule has 0 saturated heterocycles. The molecule has 4 aliphatic rings. The molecule has 0 aromatic carbocycles. The van der Waals surface area contributed by atoms with Crippen LogP contribution < -0.4 is 0 Å². The Balaban J connectivity index is 1.80. The molecule has 0 bridgehead atoms. The highest BCUT2D eigenvalue weighted by Crippen LogP contribution is 2.65. The molecule has 5 atom stereocenters. The summed E-state index contributed by atoms with van der Waals surface area (Å²) in [5.41, 5.74) is 0.318. The third-order valence-corrected chi connectivity index (χ3v) is 8.33. The van der Waals surface area contributed by atoms with Crippen LogP contribution in [0.1, 0.15) is 59.8 Å². The third kappa shape index (κ3) is 2.13. The van der Waals surface area contributed by atoms with Gasteiger partial charge >= 0.3 is 0 Å². The van der Waals surface area contributed by atoms with Crippen LogP contribution in [0.25, 0.3) is 0 Å². The summed E-state index contributed by atoms with van der Waals surface area (Å²) < 4.78 is 0. The maximum Gasteiger partial charge on any atom is 0.190 e. The average molecular weight is 372 g/mol. The number of carbonyl (C=O) groups excluding carboxylic acids is 2. The maximum absolute atomic E-state index is 12.8. The van der Waals surface area contributed by atoms with Crippen LogP contribution in [0.5, 0.6) is 0 Å². The van der Waals surface area contributed by atoms with Crippen LogP contribution >= 0.6 is 0 Å². The smallest absolute Gasteiger partial charge is 0.190 e. The normalized spacial score (nSPS) is 46.1. The molecule has 0 amide bonds. The lowest BCUT2D eigenvalue weighted by atomic mass is 9.45. The number of fused-ring (bicyclic) bond motifs is 5. The predicted octanol–water partition coefficient (Wildman–Crippen LogP) is 3.60. The van der Waals surface area contributed by atoms with Gasteiger partial charge in [-0.1, -0.05) is 35.8 Å². The summed E-state index contributed by atoms with van der Waals surface area (Å²) in [7, 11) is 0. The second-order valence-corrected chi connectivity index (χ2v) is 9.86. The number of oxime groups is 2. The van der Waals surface area contributed by atoms with Crippen LogP contribution in [0.3, 0.4) is 0 Å². The lowest BCUT2D eigenvalue weighted by Crippen LogP contribution is -2.56. The van der Waals surface area contributed by atoms with Crippen molar-refractivity contribution in [3.8, 4) is 0 Å². The zero-order valence-electron chi connectivity index (χ0n) is 16.5. The summed E-state index contributed by atoms with van der Waals surface area (Å²) >= 11 is 0. The van der Waals surface area contributed by atoms with Gasteiger partial charge in [0.2, 0.25) is 0 Å². The SMILES string of the molecule is CC1(C)C(=O)/C(=N\O)C[C@@]2(C)C1=CC[C@@H]1[C@@H]2CC[C@]2(C)C(=O)/C(=N/O)C[C@@H]12. The topological polar surface area (TPSA) is 99.3 Å². The molecule has 0 aromatic rings. The van der Waals surface area contributed by atoms with Gasteiger partial charge in [0, 0.05) is 18.3 Å². The van der Waals surface area contributed by atoms with Crippen molar-refractivity contribution in [3.63, 3.8) is 0 Å². The first kappa shape index (κ1) is 18.4. The molecule has 6 nitrogen and oxygen atoms in total. The van der Waals surface area contributed by atoms with Gasteiger partial charge in [0.1, 0.15) is 11.4 Å². The second-order valence-electron chi connectivity index (χ2n) is 9.86. The number of ketones is 2. The molecular weight excluding hydrogens is 344 g/mol. The first-order valence-corrected chi connectivity index (χ1v) is 9.84. The molecule has 4 rings (SSSR count). The molecule has 0 unspecified atom stereocenters. The fourth-order valence-electron chi connectivity index (χ4n) is 6.98. The Morgan fingerprint density at radius 3 is 2.26 bits per heavy atom. The Morgan fingerprint density at radius 1 is 0.963 bits per heavy atom. The zero-order valence-corrected chi connectivity index (χ0v) is 16.5. The number of carbonyl (C=O) groups is 2. The van der Waals surface area contributed by atoms with Crippen LogP contribution in [0.2, 0.25) is 0 Å². The van der Waals surface area contributed by atoms with Crippen molar-refractivity contribution in [2.24, 2.45) is 44.3 Å². The fourth-order valence-corrected chi connectivity index (χ4v) is 6.98. The minimum Gasteiger partial charge on any atom is -0.411 e. The maximum atomic E-state index is 12.8. The average Bonchev–Trinajstić information content (AvgIpc) is 2.89. The van der Waals surface area contributed by atoms with Crippen LogP contribution in [0.15, 0.2) is 22.0 Å². The van der Waals surface area contributed by atoms with Crippen molar-refractivity contribution in [2.75, 3.05) is 0 Å². The van der Waals surface area contributed by atoms with Gasteiger partial charge in [0.05, 0.1) is 5.41 Å². The van der Waals surface area contributed by atoms with Gasteiger partial charge in [-0.2, -0.15) is 0 Å². The Morgan fingerprint density at radius 2 is 1.63 bits per heavy atom. The Kier molecular flexibility index (Phi) is 3.76. The lowest BCUT2D eigenvalue weighted by Gasteiger charge is -2.58. The van der Waals surface area contributed by atoms with E-state index in [1.807, 2.05) is 20.8 Å². The number of nitrogens with zero attached hydrogens (tertiary/aromatic N) is 2. The van der Waals surface area contributed by atoms with E-state index in [4.69, 9.17) is 0 Å². The molecule has 6 heteroatoms. The third-order valence-electron chi connectivity index (χ3n) is 8.33. The van der Waals surface area contributed by atoms with Crippen LogP contribution in [0, 0.1) is 34.0 Å². The summed E-state index contributed by atoms with van der Waals surface area (Å²) in [6.45, 7) is 8.06. The number of allylic oxidation sites excluding steroid dienone is 2. The molecule has 0 radical (unpaired) electrons. The van der Waals surface area contributed by atoms with Crippen molar-refractivity contribution in [1.82, 2.24) is 0 Å². The molecule has 3 saturated carbocycles. The Bertz CT molecular complexity index is 824. The van der Waals surface area contributed by atoms with E-state index >= 15 is 0 Å². The number of Topliss-reactive ketones (excluding diaryl/α,β-unsaturated/α-hetero) is 2. The number of hydrogen-bond acceptors (Lipinski definition) is 6. The lowest BCUT2D eigenvalue weighted by molar-refractivity contribution is -0.129. The van der Waals surface area contributed by atoms with E-state index < -0.39 is 10.8 Å². The minimum absolute atomic E-state index is 0.00913. The monoisotopic (exact) mass is 372 g/mol. The first-order chi connectivity index (χ1) is 12.6. The summed E-state index contributed by atoms with van der Waals surface area (Å²) in [6.07, 6.45) is 5.66. The number of rotatable bonds is 0. The molecule has 0 aromatic heterocycles. The highest BCUT2D eigenvalue weighted by atomic mass is 16.4. The minimum atomic E-state index is -0.677. The largest absolute Gasteiger partial charge is 0.411 e. The molecule has 3 fully saturated rings. The van der Waals surface area contributed by atoms with Crippen molar-refractivity contribution in [1.29, 1.82) is 0 Å². The van der Waals surface area contributed by atoms with Gasteiger partial charge < -0.3 is 10.4 Å². The summed E-state index contributed by atoms with van der Waals surface area (Å²) in [5.74, 6) is 0.651. The van der Waals surface area contributed by atoms with Crippen molar-refractivity contribution < 1.29 is 20.0 Å². The zero-order chi connectivity index (χ0) is 19.8. The van der Waals surface area contributed by atoms with Crippen LogP contribution in [-0.2, 0) is 9.59 Å². The summed E-state index contributed by atoms with van der Waals surface area (Å²) in [5, 5.41) is 25.4. The van der Waals surface area contributed by atoms with Crippen LogP contribution in [0.4, 0.5) is 0 Å². The molecule has 0 heterocycles. The van der Waals surface area contributed by atoms with E-state index in [1.165, 1.54) is 0 Å². The van der Waals surface area contributed by atoms with Gasteiger partial charge in [-0.25, -0.2) is 0 Å². The molecule has 0 spiro atoms. The highest BCUT2D eigenvalue weighted by molar-refractivity contribution is 6.44. The second kappa shape index (κ2) is 5.52. The van der Waals surface area contributed by atoms with E-state index in [0.717, 1.165) is 24.8 Å². The molecule has 146 valence electrons. The quantitative estimate of drug-likeness (QED) is 0.385. The van der Waals surface area contributed by atoms with E-state index in [1.54, 1.807) is 0 Å². The number of hydrogen-bond donors (Lipinski definition) is 2. The standard InChI is InChI=1S/C21H28N2O4/c1-19(2)16-6-5-11-12(21(16,4)10-15(23-27)17(19)24)7-8-20(3)13(11)9-14(22-26)18(20)25/h6,11-13,26-27H,5,7-10H2,1-4H3/b22-14+,23-15-/t11-,12+,13+,20+,21-/m1/s1. The molecular formula is C21H28N2O4. The Labute approximate surface area is 159 Å². The summed E-state index contributed by atoms with van der Waals surface area (Å²) in [6, 6.07) is 0. The van der Waals surface area contributed by atoms with E-state index in [2.05, 4.69) is 23.3 Å². The van der Waals surface area contributed by atoms with Crippen molar-refractivity contribution >= 4 is 23.0 Å². The van der Waals surface area contributed by atoms with E-state index in [-0.39, 0.29) is 28.6 Å². The van der Waals surface area contributed by atoms with Gasteiger partial charge in [-0.15, -0.1) is 0 Å². The fraction of sp³-hybridized carbons (Fsp3) is 0.714. The van der Waals surface area contributed by atoms with E-state index in [0.29, 0.717) is 30.4 Å². The van der Waals surface area contributed by atoms with Crippen LogP contribution in [-0.4, -0.2) is 33.4 Å². The highest BCUT2D eigenvalue weighted by Gasteiger charge is 2.63.